The highest BCUT2D eigenvalue weighted by molar-refractivity contribution is 5.83. The van der Waals surface area contributed by atoms with E-state index in [1.807, 2.05) is 18.2 Å². The first-order valence-corrected chi connectivity index (χ1v) is 6.53. The maximum absolute atomic E-state index is 11.2. The predicted molar refractivity (Wildman–Crippen MR) is 78.8 cm³/mol. The second kappa shape index (κ2) is 6.83. The van der Waals surface area contributed by atoms with Crippen molar-refractivity contribution < 1.29 is 23.7 Å². The van der Waals surface area contributed by atoms with Crippen molar-refractivity contribution in [3.8, 4) is 17.2 Å². The Balaban J connectivity index is 2.26. The van der Waals surface area contributed by atoms with E-state index in [9.17, 15) is 4.79 Å². The van der Waals surface area contributed by atoms with Gasteiger partial charge in [0.25, 0.3) is 0 Å². The number of ether oxygens (including phenoxy) is 4. The van der Waals surface area contributed by atoms with Gasteiger partial charge in [0.1, 0.15) is 11.9 Å². The molecule has 1 atom stereocenters. The van der Waals surface area contributed by atoms with Crippen LogP contribution in [0.3, 0.4) is 0 Å². The van der Waals surface area contributed by atoms with Gasteiger partial charge in [0.15, 0.2) is 11.5 Å². The number of esters is 1. The highest BCUT2D eigenvalue weighted by Gasteiger charge is 2.14. The van der Waals surface area contributed by atoms with Crippen LogP contribution in [0.25, 0.3) is 6.08 Å². The lowest BCUT2D eigenvalue weighted by Gasteiger charge is -2.15. The van der Waals surface area contributed by atoms with Gasteiger partial charge in [0.2, 0.25) is 0 Å². The lowest BCUT2D eigenvalue weighted by atomic mass is 10.1. The first-order chi connectivity index (χ1) is 10.2. The Kier molecular flexibility index (Phi) is 4.87. The molecule has 0 saturated carbocycles. The molecule has 0 radical (unpaired) electrons. The van der Waals surface area contributed by atoms with Gasteiger partial charge in [-0.25, -0.2) is 4.79 Å². The fraction of sp³-hybridized carbons (Fsp3) is 0.312. The van der Waals surface area contributed by atoms with Crippen LogP contribution in [0.1, 0.15) is 12.0 Å². The number of hydrogen-bond acceptors (Lipinski definition) is 5. The zero-order valence-electron chi connectivity index (χ0n) is 12.3. The molecule has 5 nitrogen and oxygen atoms in total. The SMILES string of the molecule is COc1cc(OC)c(OC)cc1/C=C/C1CC=CC(=O)O1. The molecule has 2 rings (SSSR count). The minimum absolute atomic E-state index is 0.264. The summed E-state index contributed by atoms with van der Waals surface area (Å²) in [7, 11) is 4.73. The number of benzene rings is 1. The third kappa shape index (κ3) is 3.56. The third-order valence-electron chi connectivity index (χ3n) is 3.12. The van der Waals surface area contributed by atoms with E-state index in [1.165, 1.54) is 6.08 Å². The lowest BCUT2D eigenvalue weighted by Crippen LogP contribution is -2.17. The van der Waals surface area contributed by atoms with Crippen molar-refractivity contribution in [1.82, 2.24) is 0 Å². The van der Waals surface area contributed by atoms with Crippen LogP contribution in [0.5, 0.6) is 17.2 Å². The molecule has 1 aromatic carbocycles. The third-order valence-corrected chi connectivity index (χ3v) is 3.12. The zero-order chi connectivity index (χ0) is 15.2. The Labute approximate surface area is 123 Å². The van der Waals surface area contributed by atoms with Crippen molar-refractivity contribution in [2.75, 3.05) is 21.3 Å². The quantitative estimate of drug-likeness (QED) is 0.780. The summed E-state index contributed by atoms with van der Waals surface area (Å²) in [6, 6.07) is 3.57. The average Bonchev–Trinajstić information content (AvgIpc) is 2.52. The fourth-order valence-corrected chi connectivity index (χ4v) is 2.05. The predicted octanol–water partition coefficient (Wildman–Crippen LogP) is 2.60. The smallest absolute Gasteiger partial charge is 0.331 e. The molecule has 0 spiro atoms. The summed E-state index contributed by atoms with van der Waals surface area (Å²) >= 11 is 0. The molecular weight excluding hydrogens is 272 g/mol. The van der Waals surface area contributed by atoms with Crippen LogP contribution < -0.4 is 14.2 Å². The van der Waals surface area contributed by atoms with Crippen LogP contribution in [0.4, 0.5) is 0 Å². The molecule has 112 valence electrons. The molecule has 21 heavy (non-hydrogen) atoms. The molecule has 1 aliphatic rings. The highest BCUT2D eigenvalue weighted by Crippen LogP contribution is 2.35. The van der Waals surface area contributed by atoms with Gasteiger partial charge < -0.3 is 18.9 Å². The van der Waals surface area contributed by atoms with Gasteiger partial charge >= 0.3 is 5.97 Å². The average molecular weight is 290 g/mol. The lowest BCUT2D eigenvalue weighted by molar-refractivity contribution is -0.141. The second-order valence-electron chi connectivity index (χ2n) is 4.42. The second-order valence-corrected chi connectivity index (χ2v) is 4.42. The van der Waals surface area contributed by atoms with Crippen molar-refractivity contribution in [3.63, 3.8) is 0 Å². The molecule has 0 aromatic heterocycles. The van der Waals surface area contributed by atoms with E-state index in [0.717, 1.165) is 5.56 Å². The molecule has 1 aliphatic heterocycles. The number of rotatable bonds is 5. The van der Waals surface area contributed by atoms with Crippen LogP contribution in [-0.4, -0.2) is 33.4 Å². The van der Waals surface area contributed by atoms with Gasteiger partial charge in [0.05, 0.1) is 21.3 Å². The molecule has 1 unspecified atom stereocenters. The topological polar surface area (TPSA) is 54.0 Å². The molecule has 5 heteroatoms. The number of cyclic esters (lactones) is 1. The summed E-state index contributed by atoms with van der Waals surface area (Å²) in [6.07, 6.45) is 7.30. The molecule has 1 heterocycles. The number of methoxy groups -OCH3 is 3. The molecule has 1 aromatic rings. The van der Waals surface area contributed by atoms with Crippen molar-refractivity contribution in [2.24, 2.45) is 0 Å². The van der Waals surface area contributed by atoms with E-state index < -0.39 is 0 Å². The maximum Gasteiger partial charge on any atom is 0.331 e. The van der Waals surface area contributed by atoms with E-state index in [0.29, 0.717) is 23.7 Å². The van der Waals surface area contributed by atoms with Gasteiger partial charge in [0, 0.05) is 24.1 Å². The summed E-state index contributed by atoms with van der Waals surface area (Å²) in [6.45, 7) is 0. The minimum Gasteiger partial charge on any atom is -0.496 e. The van der Waals surface area contributed by atoms with Gasteiger partial charge in [-0.1, -0.05) is 12.2 Å². The standard InChI is InChI=1S/C16H18O5/c1-18-13-10-15(20-3)14(19-2)9-11(13)7-8-12-5-4-6-16(17)21-12/h4,6-10,12H,5H2,1-3H3/b8-7+. The normalized spacial score (nSPS) is 17.7. The van der Waals surface area contributed by atoms with Gasteiger partial charge in [-0.15, -0.1) is 0 Å². The van der Waals surface area contributed by atoms with E-state index >= 15 is 0 Å². The number of hydrogen-bond donors (Lipinski definition) is 0. The molecule has 0 saturated heterocycles. The van der Waals surface area contributed by atoms with Crippen LogP contribution in [-0.2, 0) is 9.53 Å². The van der Waals surface area contributed by atoms with Crippen molar-refractivity contribution in [2.45, 2.75) is 12.5 Å². The van der Waals surface area contributed by atoms with Crippen molar-refractivity contribution >= 4 is 12.0 Å². The van der Waals surface area contributed by atoms with E-state index in [4.69, 9.17) is 18.9 Å². The zero-order valence-corrected chi connectivity index (χ0v) is 12.3. The van der Waals surface area contributed by atoms with Crippen LogP contribution in [0, 0.1) is 0 Å². The molecular formula is C16H18O5. The summed E-state index contributed by atoms with van der Waals surface area (Å²) < 4.78 is 21.0. The fourth-order valence-electron chi connectivity index (χ4n) is 2.05. The largest absolute Gasteiger partial charge is 0.496 e. The molecule has 0 aliphatic carbocycles. The van der Waals surface area contributed by atoms with E-state index in [2.05, 4.69) is 0 Å². The molecule has 0 N–H and O–H groups in total. The van der Waals surface area contributed by atoms with Crippen LogP contribution >= 0.6 is 0 Å². The van der Waals surface area contributed by atoms with Crippen molar-refractivity contribution in [1.29, 1.82) is 0 Å². The van der Waals surface area contributed by atoms with E-state index in [1.54, 1.807) is 33.5 Å². The monoisotopic (exact) mass is 290 g/mol. The summed E-state index contributed by atoms with van der Waals surface area (Å²) in [5, 5.41) is 0. The highest BCUT2D eigenvalue weighted by atomic mass is 16.5. The van der Waals surface area contributed by atoms with E-state index in [-0.39, 0.29) is 12.1 Å². The summed E-state index contributed by atoms with van der Waals surface area (Å²) in [5.41, 5.74) is 0.820. The Morgan fingerprint density at radius 1 is 1.10 bits per heavy atom. The number of carbonyl (C=O) groups is 1. The Bertz CT molecular complexity index is 574. The summed E-state index contributed by atoms with van der Waals surface area (Å²) in [5.74, 6) is 1.54. The van der Waals surface area contributed by atoms with Gasteiger partial charge in [-0.05, 0) is 12.1 Å². The van der Waals surface area contributed by atoms with Crippen LogP contribution in [0.15, 0.2) is 30.4 Å². The maximum atomic E-state index is 11.2. The molecule has 0 bridgehead atoms. The van der Waals surface area contributed by atoms with Crippen molar-refractivity contribution in [3.05, 3.63) is 35.9 Å². The molecule has 0 amide bonds. The number of carbonyl (C=O) groups excluding carboxylic acids is 1. The summed E-state index contributed by atoms with van der Waals surface area (Å²) in [4.78, 5) is 11.2. The Hall–Kier alpha value is -2.43. The first-order valence-electron chi connectivity index (χ1n) is 6.53. The van der Waals surface area contributed by atoms with Gasteiger partial charge in [-0.3, -0.25) is 0 Å². The Morgan fingerprint density at radius 2 is 1.76 bits per heavy atom. The minimum atomic E-state index is -0.324. The van der Waals surface area contributed by atoms with Gasteiger partial charge in [-0.2, -0.15) is 0 Å². The van der Waals surface area contributed by atoms with Crippen LogP contribution in [0.2, 0.25) is 0 Å². The Morgan fingerprint density at radius 3 is 2.38 bits per heavy atom. The first kappa shape index (κ1) is 15.0. The molecule has 0 fully saturated rings.